The van der Waals surface area contributed by atoms with Crippen molar-refractivity contribution >= 4 is 34.6 Å². The number of aromatic nitrogens is 2. The molecule has 0 amide bonds. The van der Waals surface area contributed by atoms with Gasteiger partial charge >= 0.3 is 5.97 Å². The molecule has 174 valence electrons. The van der Waals surface area contributed by atoms with E-state index in [1.54, 1.807) is 11.5 Å². The number of hydrogen-bond acceptors (Lipinski definition) is 7. The molecule has 0 unspecified atom stereocenters. The number of carbonyl (C=O) groups excluding carboxylic acids is 1. The number of cyclic esters (lactones) is 1. The standard InChI is InChI=1S/C26H26N4O4/c1-4-5-6-10-29-14-27-18-8-7-9-19-21(18)23(29)15-12-30-20(22(15)28-19)11-17-16(24(30)31)13-34-25(32)26(17,2)33-3/h7-9,11,14H,4-6,10,12-13H2,1-3H3/t26-/m0/s1. The number of pyridine rings is 2. The summed E-state index contributed by atoms with van der Waals surface area (Å²) >= 11 is 0. The number of aliphatic imine (C=N–C) groups is 1. The number of carbonyl (C=O) groups is 1. The quantitative estimate of drug-likeness (QED) is 0.332. The number of anilines is 1. The molecule has 3 aromatic rings. The molecule has 0 aliphatic carbocycles. The van der Waals surface area contributed by atoms with Crippen molar-refractivity contribution in [3.63, 3.8) is 0 Å². The summed E-state index contributed by atoms with van der Waals surface area (Å²) in [4.78, 5) is 38.0. The minimum Gasteiger partial charge on any atom is -0.458 e. The molecule has 0 spiro atoms. The van der Waals surface area contributed by atoms with Gasteiger partial charge < -0.3 is 18.9 Å². The van der Waals surface area contributed by atoms with Crippen LogP contribution >= 0.6 is 0 Å². The molecule has 0 fully saturated rings. The first-order chi connectivity index (χ1) is 16.5. The van der Waals surface area contributed by atoms with E-state index in [0.29, 0.717) is 23.4 Å². The lowest BCUT2D eigenvalue weighted by Gasteiger charge is -2.32. The van der Waals surface area contributed by atoms with Crippen LogP contribution in [-0.2, 0) is 33.0 Å². The smallest absolute Gasteiger partial charge is 0.343 e. The van der Waals surface area contributed by atoms with Crippen LogP contribution in [0.1, 0.15) is 49.8 Å². The van der Waals surface area contributed by atoms with Crippen molar-refractivity contribution < 1.29 is 14.3 Å². The van der Waals surface area contributed by atoms with E-state index in [4.69, 9.17) is 14.5 Å². The lowest BCUT2D eigenvalue weighted by molar-refractivity contribution is -0.173. The third-order valence-corrected chi connectivity index (χ3v) is 7.31. The fraction of sp³-hybridized carbons (Fsp3) is 0.385. The number of fused-ring (bicyclic) bond motifs is 5. The van der Waals surface area contributed by atoms with Crippen LogP contribution in [0.2, 0.25) is 0 Å². The Labute approximate surface area is 196 Å². The van der Waals surface area contributed by atoms with E-state index in [-0.39, 0.29) is 12.2 Å². The molecule has 0 bridgehead atoms. The molecule has 0 N–H and O–H groups in total. The van der Waals surface area contributed by atoms with Crippen molar-refractivity contribution in [2.24, 2.45) is 4.99 Å². The summed E-state index contributed by atoms with van der Waals surface area (Å²) < 4.78 is 12.6. The van der Waals surface area contributed by atoms with E-state index in [2.05, 4.69) is 16.8 Å². The number of nitrogens with zero attached hydrogens (tertiary/aromatic N) is 4. The lowest BCUT2D eigenvalue weighted by Crippen LogP contribution is -2.44. The molecule has 0 saturated carbocycles. The molecule has 8 heteroatoms. The Morgan fingerprint density at radius 1 is 1.21 bits per heavy atom. The van der Waals surface area contributed by atoms with Gasteiger partial charge in [0.15, 0.2) is 5.60 Å². The normalized spacial score (nSPS) is 19.7. The van der Waals surface area contributed by atoms with Crippen LogP contribution in [0.5, 0.6) is 0 Å². The summed E-state index contributed by atoms with van der Waals surface area (Å²) in [5.74, 6) is -0.491. The van der Waals surface area contributed by atoms with E-state index in [1.807, 2.05) is 30.6 Å². The Balaban J connectivity index is 1.60. The van der Waals surface area contributed by atoms with Gasteiger partial charge in [0.2, 0.25) is 0 Å². The second-order valence-corrected chi connectivity index (χ2v) is 9.23. The number of hydrogen-bond donors (Lipinski definition) is 0. The van der Waals surface area contributed by atoms with Gasteiger partial charge in [0.05, 0.1) is 52.1 Å². The molecule has 0 radical (unpaired) electrons. The first kappa shape index (κ1) is 21.0. The van der Waals surface area contributed by atoms with Crippen molar-refractivity contribution in [2.45, 2.75) is 51.9 Å². The Bertz CT molecular complexity index is 1460. The van der Waals surface area contributed by atoms with Crippen molar-refractivity contribution in [3.05, 3.63) is 51.3 Å². The molecule has 1 aromatic carbocycles. The highest BCUT2D eigenvalue weighted by molar-refractivity contribution is 6.11. The largest absolute Gasteiger partial charge is 0.458 e. The third kappa shape index (κ3) is 2.75. The SMILES string of the molecule is CCCCCN1C=Nc2cccc3nc4c(c1c23)Cn1c-4cc2c(c1=O)COC(=O)[C@@]2(C)OC. The molecule has 0 saturated heterocycles. The minimum atomic E-state index is -1.33. The zero-order valence-electron chi connectivity index (χ0n) is 19.6. The highest BCUT2D eigenvalue weighted by atomic mass is 16.6. The van der Waals surface area contributed by atoms with Gasteiger partial charge in [-0.15, -0.1) is 0 Å². The van der Waals surface area contributed by atoms with Crippen LogP contribution in [0.15, 0.2) is 34.1 Å². The van der Waals surface area contributed by atoms with Crippen molar-refractivity contribution in [3.8, 4) is 11.4 Å². The molecule has 8 nitrogen and oxygen atoms in total. The zero-order valence-corrected chi connectivity index (χ0v) is 19.6. The van der Waals surface area contributed by atoms with Gasteiger partial charge in [-0.3, -0.25) is 4.79 Å². The van der Waals surface area contributed by atoms with Crippen molar-refractivity contribution in [1.82, 2.24) is 9.55 Å². The second kappa shape index (κ2) is 7.50. The summed E-state index contributed by atoms with van der Waals surface area (Å²) in [5, 5.41) is 1.02. The summed E-state index contributed by atoms with van der Waals surface area (Å²) in [6.45, 7) is 5.05. The maximum Gasteiger partial charge on any atom is 0.343 e. The van der Waals surface area contributed by atoms with Gasteiger partial charge in [0.25, 0.3) is 5.56 Å². The van der Waals surface area contributed by atoms with Gasteiger partial charge in [-0.25, -0.2) is 14.8 Å². The number of unbranched alkanes of at least 4 members (excludes halogenated alkanes) is 2. The van der Waals surface area contributed by atoms with E-state index in [0.717, 1.165) is 59.3 Å². The predicted molar refractivity (Wildman–Crippen MR) is 130 cm³/mol. The molecule has 5 heterocycles. The lowest BCUT2D eigenvalue weighted by atomic mass is 9.89. The number of ether oxygens (including phenoxy) is 2. The van der Waals surface area contributed by atoms with Gasteiger partial charge in [0, 0.05) is 24.8 Å². The van der Waals surface area contributed by atoms with Crippen LogP contribution in [-0.4, -0.2) is 35.5 Å². The molecular formula is C26H26N4O4. The summed E-state index contributed by atoms with van der Waals surface area (Å²) in [6, 6.07) is 7.83. The topological polar surface area (TPSA) is 86.0 Å². The molecule has 6 rings (SSSR count). The highest BCUT2D eigenvalue weighted by Crippen LogP contribution is 2.46. The van der Waals surface area contributed by atoms with Crippen LogP contribution in [0.3, 0.4) is 0 Å². The van der Waals surface area contributed by atoms with Gasteiger partial charge in [-0.05, 0) is 31.5 Å². The molecule has 3 aliphatic heterocycles. The van der Waals surface area contributed by atoms with Crippen LogP contribution in [0.25, 0.3) is 22.3 Å². The average molecular weight is 459 g/mol. The monoisotopic (exact) mass is 458 g/mol. The first-order valence-corrected chi connectivity index (χ1v) is 11.7. The zero-order chi connectivity index (χ0) is 23.6. The molecule has 1 atom stereocenters. The highest BCUT2D eigenvalue weighted by Gasteiger charge is 2.45. The summed E-state index contributed by atoms with van der Waals surface area (Å²) in [7, 11) is 1.46. The number of benzene rings is 1. The summed E-state index contributed by atoms with van der Waals surface area (Å²) in [5.41, 5.74) is 4.81. The molecule has 3 aliphatic rings. The average Bonchev–Trinajstić information content (AvgIpc) is 3.22. The molecule has 34 heavy (non-hydrogen) atoms. The Morgan fingerprint density at radius 2 is 2.06 bits per heavy atom. The predicted octanol–water partition coefficient (Wildman–Crippen LogP) is 4.01. The fourth-order valence-electron chi connectivity index (χ4n) is 5.34. The van der Waals surface area contributed by atoms with Crippen LogP contribution < -0.4 is 10.5 Å². The van der Waals surface area contributed by atoms with E-state index >= 15 is 0 Å². The number of methoxy groups -OCH3 is 1. The van der Waals surface area contributed by atoms with Gasteiger partial charge in [-0.2, -0.15) is 0 Å². The second-order valence-electron chi connectivity index (χ2n) is 9.23. The molecular weight excluding hydrogens is 432 g/mol. The van der Waals surface area contributed by atoms with E-state index in [9.17, 15) is 9.59 Å². The fourth-order valence-corrected chi connectivity index (χ4v) is 5.34. The molecule has 2 aromatic heterocycles. The van der Waals surface area contributed by atoms with Crippen molar-refractivity contribution in [2.75, 3.05) is 18.6 Å². The first-order valence-electron chi connectivity index (χ1n) is 11.7. The maximum absolute atomic E-state index is 13.6. The third-order valence-electron chi connectivity index (χ3n) is 7.31. The van der Waals surface area contributed by atoms with Gasteiger partial charge in [-0.1, -0.05) is 25.8 Å². The maximum atomic E-state index is 13.6. The number of rotatable bonds is 5. The Kier molecular flexibility index (Phi) is 4.64. The van der Waals surface area contributed by atoms with Crippen LogP contribution in [0.4, 0.5) is 11.4 Å². The Morgan fingerprint density at radius 3 is 2.85 bits per heavy atom. The van der Waals surface area contributed by atoms with Gasteiger partial charge in [0.1, 0.15) is 6.61 Å². The minimum absolute atomic E-state index is 0.0508. The Hall–Kier alpha value is -3.52. The summed E-state index contributed by atoms with van der Waals surface area (Å²) in [6.07, 6.45) is 5.23. The number of esters is 1. The van der Waals surface area contributed by atoms with Crippen LogP contribution in [0, 0.1) is 0 Å². The van der Waals surface area contributed by atoms with E-state index < -0.39 is 11.6 Å². The van der Waals surface area contributed by atoms with E-state index in [1.165, 1.54) is 7.11 Å². The van der Waals surface area contributed by atoms with Crippen molar-refractivity contribution in [1.29, 1.82) is 0 Å².